The van der Waals surface area contributed by atoms with Crippen LogP contribution in [-0.2, 0) is 0 Å². The number of pyridine rings is 1. The first kappa shape index (κ1) is 18.7. The minimum absolute atomic E-state index is 0.0808. The summed E-state index contributed by atoms with van der Waals surface area (Å²) in [5.41, 5.74) is 5.33. The molecule has 1 heterocycles. The quantitative estimate of drug-likeness (QED) is 0.222. The van der Waals surface area contributed by atoms with Crippen molar-refractivity contribution in [3.63, 3.8) is 0 Å². The fourth-order valence-electron chi connectivity index (χ4n) is 2.41. The summed E-state index contributed by atoms with van der Waals surface area (Å²) in [5, 5.41) is 19.2. The van der Waals surface area contributed by atoms with Crippen molar-refractivity contribution in [1.82, 2.24) is 10.4 Å². The molecule has 27 heavy (non-hydrogen) atoms. The Hall–Kier alpha value is -3.10. The van der Waals surface area contributed by atoms with Crippen LogP contribution in [0, 0.1) is 17.0 Å². The van der Waals surface area contributed by atoms with Crippen LogP contribution in [0.3, 0.4) is 0 Å². The number of hydrazone groups is 1. The van der Waals surface area contributed by atoms with Crippen LogP contribution >= 0.6 is 23.8 Å². The molecular weight excluding hydrogens is 386 g/mol. The molecule has 0 aliphatic carbocycles. The number of para-hydroxylation sites is 2. The largest absolute Gasteiger partial charge is 0.326 e. The lowest BCUT2D eigenvalue weighted by Gasteiger charge is -2.07. The number of hydrogen-bond donors (Lipinski definition) is 2. The molecule has 0 amide bonds. The predicted molar refractivity (Wildman–Crippen MR) is 112 cm³/mol. The van der Waals surface area contributed by atoms with Crippen LogP contribution in [0.1, 0.15) is 11.1 Å². The molecular formula is C18H14ClN5O2S. The maximum Gasteiger partial charge on any atom is 0.292 e. The lowest BCUT2D eigenvalue weighted by molar-refractivity contribution is -0.383. The van der Waals surface area contributed by atoms with E-state index in [0.717, 1.165) is 16.5 Å². The zero-order valence-corrected chi connectivity index (χ0v) is 15.7. The Balaban J connectivity index is 1.71. The topological polar surface area (TPSA) is 92.5 Å². The Kier molecular flexibility index (Phi) is 5.58. The second-order valence-corrected chi connectivity index (χ2v) is 6.43. The molecule has 2 N–H and O–H groups in total. The molecule has 0 unspecified atom stereocenters. The smallest absolute Gasteiger partial charge is 0.292 e. The molecule has 0 fully saturated rings. The molecule has 3 aromatic rings. The minimum Gasteiger partial charge on any atom is -0.326 e. The lowest BCUT2D eigenvalue weighted by Crippen LogP contribution is -2.24. The number of nitro benzene ring substituents is 1. The van der Waals surface area contributed by atoms with Gasteiger partial charge in [0.25, 0.3) is 5.69 Å². The molecule has 3 rings (SSSR count). The maximum absolute atomic E-state index is 11.0. The highest BCUT2D eigenvalue weighted by molar-refractivity contribution is 7.80. The Morgan fingerprint density at radius 3 is 2.85 bits per heavy atom. The fraction of sp³-hybridized carbons (Fsp3) is 0.0556. The van der Waals surface area contributed by atoms with Crippen molar-refractivity contribution in [1.29, 1.82) is 0 Å². The number of thiocarbonyl (C=S) groups is 1. The van der Waals surface area contributed by atoms with Gasteiger partial charge in [-0.1, -0.05) is 35.9 Å². The number of fused-ring (bicyclic) bond motifs is 1. The van der Waals surface area contributed by atoms with Crippen molar-refractivity contribution in [2.45, 2.75) is 6.92 Å². The highest BCUT2D eigenvalue weighted by atomic mass is 35.5. The van der Waals surface area contributed by atoms with E-state index in [9.17, 15) is 10.1 Å². The number of rotatable bonds is 4. The highest BCUT2D eigenvalue weighted by Crippen LogP contribution is 2.23. The number of nitrogens with one attached hydrogen (secondary N) is 2. The van der Waals surface area contributed by atoms with Gasteiger partial charge in [0.05, 0.1) is 16.7 Å². The average Bonchev–Trinajstić information content (AvgIpc) is 2.62. The Labute approximate surface area is 165 Å². The standard InChI is InChI=1S/C18H14ClN5O2S/c1-11-6-7-12-9-13(17(19)21-15(12)8-11)10-20-23-18(27)22-14-4-2-3-5-16(14)24(25)26/h2-10H,1H3,(H2,22,23,27)/b20-10-. The van der Waals surface area contributed by atoms with Crippen LogP contribution in [-0.4, -0.2) is 21.2 Å². The molecule has 7 nitrogen and oxygen atoms in total. The van der Waals surface area contributed by atoms with Gasteiger partial charge < -0.3 is 5.32 Å². The number of hydrogen-bond acceptors (Lipinski definition) is 5. The SMILES string of the molecule is Cc1ccc2cc(/C=N\NC(=S)Nc3ccccc3[N+](=O)[O-])c(Cl)nc2c1. The van der Waals surface area contributed by atoms with E-state index in [-0.39, 0.29) is 16.5 Å². The van der Waals surface area contributed by atoms with E-state index in [2.05, 4.69) is 20.8 Å². The van der Waals surface area contributed by atoms with Crippen molar-refractivity contribution in [2.24, 2.45) is 5.10 Å². The number of nitro groups is 1. The summed E-state index contributed by atoms with van der Waals surface area (Å²) in [7, 11) is 0. The van der Waals surface area contributed by atoms with E-state index in [1.54, 1.807) is 18.2 Å². The molecule has 0 atom stereocenters. The summed E-state index contributed by atoms with van der Waals surface area (Å²) in [5.74, 6) is 0. The number of benzene rings is 2. The van der Waals surface area contributed by atoms with Gasteiger partial charge in [0.1, 0.15) is 10.8 Å². The lowest BCUT2D eigenvalue weighted by atomic mass is 10.1. The summed E-state index contributed by atoms with van der Waals surface area (Å²) in [6, 6.07) is 14.0. The van der Waals surface area contributed by atoms with E-state index < -0.39 is 4.92 Å². The van der Waals surface area contributed by atoms with E-state index in [4.69, 9.17) is 23.8 Å². The van der Waals surface area contributed by atoms with Gasteiger partial charge in [-0.15, -0.1) is 0 Å². The summed E-state index contributed by atoms with van der Waals surface area (Å²) >= 11 is 11.3. The van der Waals surface area contributed by atoms with E-state index in [1.165, 1.54) is 12.3 Å². The van der Waals surface area contributed by atoms with Crippen molar-refractivity contribution in [3.8, 4) is 0 Å². The van der Waals surface area contributed by atoms with Gasteiger partial charge in [-0.2, -0.15) is 5.10 Å². The second kappa shape index (κ2) is 8.07. The van der Waals surface area contributed by atoms with Crippen LogP contribution in [0.15, 0.2) is 53.6 Å². The van der Waals surface area contributed by atoms with E-state index in [0.29, 0.717) is 10.7 Å². The van der Waals surface area contributed by atoms with Gasteiger partial charge in [0, 0.05) is 17.0 Å². The molecule has 2 aromatic carbocycles. The molecule has 0 saturated heterocycles. The van der Waals surface area contributed by atoms with Crippen molar-refractivity contribution in [2.75, 3.05) is 5.32 Å². The van der Waals surface area contributed by atoms with Gasteiger partial charge in [0.2, 0.25) is 0 Å². The first-order chi connectivity index (χ1) is 12.9. The number of nitrogens with zero attached hydrogens (tertiary/aromatic N) is 3. The molecule has 0 aliphatic rings. The first-order valence-corrected chi connectivity index (χ1v) is 8.63. The van der Waals surface area contributed by atoms with Crippen LogP contribution in [0.2, 0.25) is 5.15 Å². The summed E-state index contributed by atoms with van der Waals surface area (Å²) in [6.45, 7) is 1.99. The van der Waals surface area contributed by atoms with E-state index >= 15 is 0 Å². The van der Waals surface area contributed by atoms with Gasteiger partial charge in [-0.3, -0.25) is 15.5 Å². The Morgan fingerprint density at radius 1 is 1.30 bits per heavy atom. The van der Waals surface area contributed by atoms with Gasteiger partial charge in [-0.05, 0) is 42.9 Å². The van der Waals surface area contributed by atoms with Crippen molar-refractivity contribution in [3.05, 3.63) is 74.9 Å². The zero-order valence-electron chi connectivity index (χ0n) is 14.1. The average molecular weight is 400 g/mol. The third-order valence-corrected chi connectivity index (χ3v) is 4.17. The molecule has 1 aromatic heterocycles. The first-order valence-electron chi connectivity index (χ1n) is 7.84. The molecule has 0 bridgehead atoms. The molecule has 0 spiro atoms. The third-order valence-electron chi connectivity index (χ3n) is 3.67. The maximum atomic E-state index is 11.0. The summed E-state index contributed by atoms with van der Waals surface area (Å²) in [6.07, 6.45) is 1.49. The number of aromatic nitrogens is 1. The monoisotopic (exact) mass is 399 g/mol. The number of anilines is 1. The molecule has 0 aliphatic heterocycles. The van der Waals surface area contributed by atoms with Crippen molar-refractivity contribution >= 4 is 57.4 Å². The van der Waals surface area contributed by atoms with Gasteiger partial charge in [0.15, 0.2) is 5.11 Å². The Bertz CT molecular complexity index is 1070. The Morgan fingerprint density at radius 2 is 2.07 bits per heavy atom. The zero-order chi connectivity index (χ0) is 19.4. The normalized spacial score (nSPS) is 10.9. The molecule has 0 radical (unpaired) electrons. The predicted octanol–water partition coefficient (Wildman–Crippen LogP) is 4.43. The molecule has 9 heteroatoms. The van der Waals surface area contributed by atoms with E-state index in [1.807, 2.05) is 31.2 Å². The number of halogens is 1. The fourth-order valence-corrected chi connectivity index (χ4v) is 2.77. The summed E-state index contributed by atoms with van der Waals surface area (Å²) < 4.78 is 0. The second-order valence-electron chi connectivity index (χ2n) is 5.66. The molecule has 136 valence electrons. The van der Waals surface area contributed by atoms with Crippen LogP contribution in [0.5, 0.6) is 0 Å². The number of aryl methyl sites for hydroxylation is 1. The van der Waals surface area contributed by atoms with Crippen LogP contribution in [0.25, 0.3) is 10.9 Å². The van der Waals surface area contributed by atoms with Crippen LogP contribution < -0.4 is 10.7 Å². The summed E-state index contributed by atoms with van der Waals surface area (Å²) in [4.78, 5) is 14.9. The van der Waals surface area contributed by atoms with Crippen LogP contribution in [0.4, 0.5) is 11.4 Å². The third kappa shape index (κ3) is 4.55. The molecule has 0 saturated carbocycles. The van der Waals surface area contributed by atoms with Gasteiger partial charge >= 0.3 is 0 Å². The van der Waals surface area contributed by atoms with Crippen molar-refractivity contribution < 1.29 is 4.92 Å². The van der Waals surface area contributed by atoms with Gasteiger partial charge in [-0.25, -0.2) is 4.98 Å². The minimum atomic E-state index is -0.490. The highest BCUT2D eigenvalue weighted by Gasteiger charge is 2.12.